The Morgan fingerprint density at radius 1 is 0.913 bits per heavy atom. The monoisotopic (exact) mass is 333 g/mol. The molecule has 0 aliphatic carbocycles. The Morgan fingerprint density at radius 2 is 1.48 bits per heavy atom. The minimum absolute atomic E-state index is 0.0512. The molecule has 0 radical (unpaired) electrons. The molecule has 0 aliphatic heterocycles. The van der Waals surface area contributed by atoms with Gasteiger partial charge in [0.15, 0.2) is 0 Å². The van der Waals surface area contributed by atoms with Crippen molar-refractivity contribution >= 4 is 17.7 Å². The van der Waals surface area contributed by atoms with E-state index in [0.29, 0.717) is 25.8 Å². The molecular formula is C15H31N3O5. The van der Waals surface area contributed by atoms with E-state index in [1.165, 1.54) is 0 Å². The average molecular weight is 333 g/mol. The zero-order chi connectivity index (χ0) is 18.3. The second-order valence-corrected chi connectivity index (χ2v) is 5.44. The predicted molar refractivity (Wildman–Crippen MR) is 87.9 cm³/mol. The molecule has 8 nitrogen and oxygen atoms in total. The molecule has 0 aromatic rings. The van der Waals surface area contributed by atoms with Crippen molar-refractivity contribution < 1.29 is 24.6 Å². The van der Waals surface area contributed by atoms with Crippen LogP contribution in [0.15, 0.2) is 0 Å². The number of carbonyl (C=O) groups excluding carboxylic acids is 1. The van der Waals surface area contributed by atoms with Gasteiger partial charge >= 0.3 is 11.9 Å². The number of rotatable bonds is 12. The van der Waals surface area contributed by atoms with Crippen LogP contribution in [0.25, 0.3) is 0 Å². The molecule has 8 heteroatoms. The van der Waals surface area contributed by atoms with Crippen molar-refractivity contribution in [1.29, 1.82) is 0 Å². The van der Waals surface area contributed by atoms with E-state index < -0.39 is 18.0 Å². The molecule has 0 rings (SSSR count). The molecular weight excluding hydrogens is 302 g/mol. The molecule has 23 heavy (non-hydrogen) atoms. The molecule has 8 N–H and O–H groups in total. The number of hydrogen-bond acceptors (Lipinski definition) is 6. The van der Waals surface area contributed by atoms with Crippen molar-refractivity contribution in [2.75, 3.05) is 6.54 Å². The maximum absolute atomic E-state index is 11.0. The molecule has 0 spiro atoms. The molecule has 0 aromatic carbocycles. The highest BCUT2D eigenvalue weighted by molar-refractivity contribution is 5.83. The van der Waals surface area contributed by atoms with Gasteiger partial charge in [-0.15, -0.1) is 0 Å². The fourth-order valence-corrected chi connectivity index (χ4v) is 1.61. The third kappa shape index (κ3) is 18.4. The van der Waals surface area contributed by atoms with Crippen LogP contribution in [-0.4, -0.2) is 46.6 Å². The lowest BCUT2D eigenvalue weighted by Gasteiger charge is -2.03. The predicted octanol–water partition coefficient (Wildman–Crippen LogP) is 0.465. The molecule has 0 aliphatic rings. The van der Waals surface area contributed by atoms with Crippen LogP contribution in [0.2, 0.25) is 0 Å². The van der Waals surface area contributed by atoms with Crippen molar-refractivity contribution in [3.05, 3.63) is 0 Å². The number of hydrogen-bond donors (Lipinski definition) is 5. The molecule has 0 saturated carbocycles. The van der Waals surface area contributed by atoms with Crippen LogP contribution in [0, 0.1) is 0 Å². The molecule has 0 aromatic heterocycles. The number of carbonyl (C=O) groups is 3. The fourth-order valence-electron chi connectivity index (χ4n) is 1.61. The van der Waals surface area contributed by atoms with Gasteiger partial charge in [0.05, 0.1) is 6.04 Å². The molecule has 0 amide bonds. The van der Waals surface area contributed by atoms with E-state index >= 15 is 0 Å². The maximum Gasteiger partial charge on any atom is 0.320 e. The number of Topliss-reactive ketones (excluding diaryl/α,β-unsaturated/α-hetero) is 1. The molecule has 0 bridgehead atoms. The van der Waals surface area contributed by atoms with Crippen molar-refractivity contribution in [3.8, 4) is 0 Å². The molecule has 2 atom stereocenters. The minimum Gasteiger partial charge on any atom is -0.481 e. The Morgan fingerprint density at radius 3 is 1.91 bits per heavy atom. The summed E-state index contributed by atoms with van der Waals surface area (Å²) in [5.74, 6) is -1.66. The highest BCUT2D eigenvalue weighted by Gasteiger charge is 2.09. The van der Waals surface area contributed by atoms with Gasteiger partial charge in [0.25, 0.3) is 0 Å². The molecule has 0 heterocycles. The Hall–Kier alpha value is -1.51. The van der Waals surface area contributed by atoms with E-state index in [-0.39, 0.29) is 18.2 Å². The molecule has 0 fully saturated rings. The smallest absolute Gasteiger partial charge is 0.320 e. The Kier molecular flexibility index (Phi) is 15.9. The summed E-state index contributed by atoms with van der Waals surface area (Å²) in [5.41, 5.74) is 15.8. The lowest BCUT2D eigenvalue weighted by atomic mass is 10.1. The second kappa shape index (κ2) is 15.4. The number of carboxylic acids is 2. The number of nitrogens with two attached hydrogens (primary N) is 3. The van der Waals surface area contributed by atoms with Crippen molar-refractivity contribution in [2.45, 2.75) is 70.4 Å². The van der Waals surface area contributed by atoms with Crippen LogP contribution in [0.3, 0.4) is 0 Å². The fraction of sp³-hybridized carbons (Fsp3) is 0.800. The van der Waals surface area contributed by atoms with Crippen LogP contribution in [0.5, 0.6) is 0 Å². The summed E-state index contributed by atoms with van der Waals surface area (Å²) < 4.78 is 0. The normalized spacial score (nSPS) is 12.7. The van der Waals surface area contributed by atoms with Gasteiger partial charge in [0.1, 0.15) is 11.8 Å². The lowest BCUT2D eigenvalue weighted by Crippen LogP contribution is -2.29. The first-order valence-electron chi connectivity index (χ1n) is 7.90. The zero-order valence-corrected chi connectivity index (χ0v) is 13.9. The number of carboxylic acid groups (broad SMARTS) is 2. The Labute approximate surface area is 137 Å². The van der Waals surface area contributed by atoms with Gasteiger partial charge in [-0.05, 0) is 39.2 Å². The highest BCUT2D eigenvalue weighted by atomic mass is 16.4. The van der Waals surface area contributed by atoms with Crippen molar-refractivity contribution in [2.24, 2.45) is 17.2 Å². The zero-order valence-electron chi connectivity index (χ0n) is 13.9. The summed E-state index contributed by atoms with van der Waals surface area (Å²) in [4.78, 5) is 31.3. The van der Waals surface area contributed by atoms with Gasteiger partial charge in [-0.25, -0.2) is 0 Å². The number of unbranched alkanes of at least 4 members (excludes halogenated alkanes) is 3. The second-order valence-electron chi connectivity index (χ2n) is 5.44. The van der Waals surface area contributed by atoms with Gasteiger partial charge in [0, 0.05) is 12.8 Å². The van der Waals surface area contributed by atoms with E-state index in [4.69, 9.17) is 27.4 Å². The largest absolute Gasteiger partial charge is 0.481 e. The summed E-state index contributed by atoms with van der Waals surface area (Å²) in [5, 5.41) is 16.6. The topological polar surface area (TPSA) is 170 Å². The Balaban J connectivity index is 0. The van der Waals surface area contributed by atoms with Crippen LogP contribution < -0.4 is 17.2 Å². The van der Waals surface area contributed by atoms with Crippen molar-refractivity contribution in [3.63, 3.8) is 0 Å². The van der Waals surface area contributed by atoms with E-state index in [0.717, 1.165) is 25.7 Å². The maximum atomic E-state index is 11.0. The van der Waals surface area contributed by atoms with Crippen molar-refractivity contribution in [1.82, 2.24) is 0 Å². The van der Waals surface area contributed by atoms with Crippen LogP contribution in [0.1, 0.15) is 58.3 Å². The van der Waals surface area contributed by atoms with Gasteiger partial charge in [-0.1, -0.05) is 12.8 Å². The van der Waals surface area contributed by atoms with Crippen LogP contribution in [-0.2, 0) is 14.4 Å². The molecule has 0 saturated heterocycles. The van der Waals surface area contributed by atoms with E-state index in [1.807, 2.05) is 0 Å². The minimum atomic E-state index is -0.933. The summed E-state index contributed by atoms with van der Waals surface area (Å²) >= 11 is 0. The third-order valence-corrected chi connectivity index (χ3v) is 3.11. The molecule has 136 valence electrons. The third-order valence-electron chi connectivity index (χ3n) is 3.11. The standard InChI is InChI=1S/C9H17NO3.C6H14N2O2/c1-7(10)8(11)5-3-2-4-6-9(12)13;7-4-2-1-3-5(8)6(9)10/h7H,2-6,10H2,1H3,(H,12,13);5H,1-4,7-8H2,(H,9,10)/t;5-/m.0/s1. The van der Waals surface area contributed by atoms with Gasteiger partial charge in [-0.3, -0.25) is 14.4 Å². The summed E-state index contributed by atoms with van der Waals surface area (Å²) in [6.07, 6.45) is 4.99. The van der Waals surface area contributed by atoms with E-state index in [9.17, 15) is 14.4 Å². The number of ketones is 1. The average Bonchev–Trinajstić information content (AvgIpc) is 2.46. The summed E-state index contributed by atoms with van der Waals surface area (Å²) in [6, 6.07) is -1.11. The van der Waals surface area contributed by atoms with Gasteiger partial charge < -0.3 is 27.4 Å². The summed E-state index contributed by atoms with van der Waals surface area (Å²) in [7, 11) is 0. The first kappa shape index (κ1) is 23.8. The van der Waals surface area contributed by atoms with E-state index in [1.54, 1.807) is 6.92 Å². The molecule has 1 unspecified atom stereocenters. The first-order valence-corrected chi connectivity index (χ1v) is 7.90. The van der Waals surface area contributed by atoms with Crippen LogP contribution >= 0.6 is 0 Å². The van der Waals surface area contributed by atoms with Gasteiger partial charge in [0.2, 0.25) is 0 Å². The Bertz CT molecular complexity index is 348. The number of aliphatic carboxylic acids is 2. The first-order chi connectivity index (χ1) is 10.7. The van der Waals surface area contributed by atoms with Gasteiger partial charge in [-0.2, -0.15) is 0 Å². The summed E-state index contributed by atoms with van der Waals surface area (Å²) in [6.45, 7) is 2.27. The van der Waals surface area contributed by atoms with E-state index in [2.05, 4.69) is 0 Å². The SMILES string of the molecule is CC(N)C(=O)CCCCCC(=O)O.NCCCC[C@H](N)C(=O)O. The highest BCUT2D eigenvalue weighted by Crippen LogP contribution is 2.04. The van der Waals surface area contributed by atoms with Crippen LogP contribution in [0.4, 0.5) is 0 Å². The lowest BCUT2D eigenvalue weighted by molar-refractivity contribution is -0.139. The quantitative estimate of drug-likeness (QED) is 0.321.